The Morgan fingerprint density at radius 1 is 1.21 bits per heavy atom. The highest BCUT2D eigenvalue weighted by Crippen LogP contribution is 2.22. The predicted octanol–water partition coefficient (Wildman–Crippen LogP) is 2.59. The molecule has 0 aliphatic rings. The minimum Gasteiger partial charge on any atom is -0.349 e. The zero-order valence-corrected chi connectivity index (χ0v) is 12.8. The van der Waals surface area contributed by atoms with Crippen molar-refractivity contribution in [1.82, 2.24) is 10.2 Å². The molecule has 104 valence electrons. The monoisotopic (exact) mass is 278 g/mol. The van der Waals surface area contributed by atoms with Gasteiger partial charge in [-0.25, -0.2) is 0 Å². The van der Waals surface area contributed by atoms with Crippen LogP contribution in [-0.2, 0) is 12.8 Å². The fraction of sp³-hybridized carbons (Fsp3) is 0.429. The van der Waals surface area contributed by atoms with Crippen molar-refractivity contribution < 1.29 is 0 Å². The second-order valence-corrected chi connectivity index (χ2v) is 4.89. The van der Waals surface area contributed by atoms with Gasteiger partial charge in [-0.05, 0) is 36.2 Å². The van der Waals surface area contributed by atoms with Crippen LogP contribution in [0.25, 0.3) is 0 Å². The van der Waals surface area contributed by atoms with Crippen LogP contribution in [0.1, 0.15) is 25.0 Å². The van der Waals surface area contributed by atoms with Crippen molar-refractivity contribution in [2.45, 2.75) is 26.7 Å². The van der Waals surface area contributed by atoms with Gasteiger partial charge in [-0.2, -0.15) is 0 Å². The van der Waals surface area contributed by atoms with Crippen LogP contribution in [0, 0.1) is 5.41 Å². The third-order valence-electron chi connectivity index (χ3n) is 2.92. The Kier molecular flexibility index (Phi) is 5.76. The molecule has 4 nitrogen and oxygen atoms in total. The number of rotatable bonds is 3. The summed E-state index contributed by atoms with van der Waals surface area (Å²) >= 11 is 5.26. The first-order valence-electron chi connectivity index (χ1n) is 6.44. The third-order valence-corrected chi connectivity index (χ3v) is 3.12. The fourth-order valence-corrected chi connectivity index (χ4v) is 1.97. The molecular formula is C14H22N4S. The largest absolute Gasteiger partial charge is 0.349 e. The van der Waals surface area contributed by atoms with Crippen LogP contribution >= 0.6 is 12.2 Å². The van der Waals surface area contributed by atoms with E-state index in [1.165, 1.54) is 11.1 Å². The van der Waals surface area contributed by atoms with Crippen molar-refractivity contribution >= 4 is 29.0 Å². The van der Waals surface area contributed by atoms with Crippen LogP contribution in [0.2, 0.25) is 0 Å². The molecule has 1 rings (SSSR count). The van der Waals surface area contributed by atoms with Gasteiger partial charge in [0.1, 0.15) is 0 Å². The van der Waals surface area contributed by atoms with E-state index >= 15 is 0 Å². The zero-order valence-electron chi connectivity index (χ0n) is 12.0. The van der Waals surface area contributed by atoms with E-state index in [0.717, 1.165) is 18.5 Å². The van der Waals surface area contributed by atoms with E-state index in [0.29, 0.717) is 5.11 Å². The molecule has 0 aliphatic heterocycles. The van der Waals surface area contributed by atoms with E-state index in [2.05, 4.69) is 42.7 Å². The van der Waals surface area contributed by atoms with E-state index < -0.39 is 0 Å². The Balaban J connectivity index is 2.86. The second-order valence-electron chi connectivity index (χ2n) is 4.48. The van der Waals surface area contributed by atoms with Gasteiger partial charge in [-0.15, -0.1) is 0 Å². The number of thiocarbonyl (C=S) groups is 1. The van der Waals surface area contributed by atoms with Gasteiger partial charge in [0.05, 0.1) is 0 Å². The SMILES string of the molecule is CCc1cccc(CC)c1NC(=S)NC(=N)N(C)C. The Bertz CT molecular complexity index is 446. The number of anilines is 1. The van der Waals surface area contributed by atoms with Crippen LogP contribution in [-0.4, -0.2) is 30.1 Å². The number of para-hydroxylation sites is 1. The van der Waals surface area contributed by atoms with E-state index in [4.69, 9.17) is 17.6 Å². The van der Waals surface area contributed by atoms with Crippen LogP contribution in [0.4, 0.5) is 5.69 Å². The molecule has 0 spiro atoms. The lowest BCUT2D eigenvalue weighted by atomic mass is 10.0. The minimum atomic E-state index is 0.268. The first kappa shape index (κ1) is 15.4. The Hall–Kier alpha value is -1.62. The van der Waals surface area contributed by atoms with Gasteiger partial charge in [-0.1, -0.05) is 32.0 Å². The molecule has 1 aromatic carbocycles. The Morgan fingerprint density at radius 3 is 2.16 bits per heavy atom. The topological polar surface area (TPSA) is 51.1 Å². The number of benzene rings is 1. The summed E-state index contributed by atoms with van der Waals surface area (Å²) in [7, 11) is 3.60. The summed E-state index contributed by atoms with van der Waals surface area (Å²) in [6.07, 6.45) is 1.90. The van der Waals surface area contributed by atoms with Crippen molar-refractivity contribution in [2.75, 3.05) is 19.4 Å². The smallest absolute Gasteiger partial charge is 0.196 e. The molecule has 3 N–H and O–H groups in total. The highest BCUT2D eigenvalue weighted by atomic mass is 32.1. The molecule has 0 amide bonds. The average molecular weight is 278 g/mol. The van der Waals surface area contributed by atoms with Gasteiger partial charge in [0, 0.05) is 19.8 Å². The molecule has 0 atom stereocenters. The summed E-state index contributed by atoms with van der Waals surface area (Å²) in [4.78, 5) is 1.67. The molecule has 0 radical (unpaired) electrons. The van der Waals surface area contributed by atoms with E-state index in [-0.39, 0.29) is 5.96 Å². The maximum atomic E-state index is 7.72. The van der Waals surface area contributed by atoms with Crippen LogP contribution in [0.15, 0.2) is 18.2 Å². The maximum absolute atomic E-state index is 7.72. The maximum Gasteiger partial charge on any atom is 0.196 e. The molecule has 0 bridgehead atoms. The number of nitrogens with zero attached hydrogens (tertiary/aromatic N) is 1. The average Bonchev–Trinajstić information content (AvgIpc) is 2.38. The van der Waals surface area contributed by atoms with Crippen LogP contribution in [0.5, 0.6) is 0 Å². The van der Waals surface area contributed by atoms with Crippen molar-refractivity contribution in [3.8, 4) is 0 Å². The van der Waals surface area contributed by atoms with Crippen molar-refractivity contribution in [3.05, 3.63) is 29.3 Å². The number of hydrogen-bond acceptors (Lipinski definition) is 2. The minimum absolute atomic E-state index is 0.268. The van der Waals surface area contributed by atoms with E-state index in [9.17, 15) is 0 Å². The Labute approximate surface area is 120 Å². The van der Waals surface area contributed by atoms with E-state index in [1.54, 1.807) is 19.0 Å². The van der Waals surface area contributed by atoms with Gasteiger partial charge in [-0.3, -0.25) is 5.41 Å². The molecule has 5 heteroatoms. The number of nitrogens with one attached hydrogen (secondary N) is 3. The quantitative estimate of drug-likeness (QED) is 0.452. The molecule has 0 unspecified atom stereocenters. The first-order valence-corrected chi connectivity index (χ1v) is 6.85. The molecular weight excluding hydrogens is 256 g/mol. The lowest BCUT2D eigenvalue weighted by Crippen LogP contribution is -2.41. The van der Waals surface area contributed by atoms with Crippen LogP contribution in [0.3, 0.4) is 0 Å². The molecule has 0 aliphatic carbocycles. The molecule has 0 saturated carbocycles. The molecule has 0 saturated heterocycles. The lowest BCUT2D eigenvalue weighted by molar-refractivity contribution is 0.600. The molecule has 19 heavy (non-hydrogen) atoms. The Morgan fingerprint density at radius 2 is 1.74 bits per heavy atom. The number of guanidine groups is 1. The number of aryl methyl sites for hydroxylation is 2. The highest BCUT2D eigenvalue weighted by molar-refractivity contribution is 7.80. The fourth-order valence-electron chi connectivity index (χ4n) is 1.77. The predicted molar refractivity (Wildman–Crippen MR) is 86.0 cm³/mol. The summed E-state index contributed by atoms with van der Waals surface area (Å²) in [6, 6.07) is 6.27. The van der Waals surface area contributed by atoms with Gasteiger partial charge in [0.15, 0.2) is 11.1 Å². The van der Waals surface area contributed by atoms with Gasteiger partial charge in [0.25, 0.3) is 0 Å². The van der Waals surface area contributed by atoms with Gasteiger partial charge < -0.3 is 15.5 Å². The number of hydrogen-bond donors (Lipinski definition) is 3. The van der Waals surface area contributed by atoms with E-state index in [1.807, 2.05) is 0 Å². The summed E-state index contributed by atoms with van der Waals surface area (Å²) < 4.78 is 0. The highest BCUT2D eigenvalue weighted by Gasteiger charge is 2.09. The zero-order chi connectivity index (χ0) is 14.4. The summed E-state index contributed by atoms with van der Waals surface area (Å²) in [5.74, 6) is 0.268. The van der Waals surface area contributed by atoms with Gasteiger partial charge in [0.2, 0.25) is 0 Å². The molecule has 0 heterocycles. The normalized spacial score (nSPS) is 9.89. The molecule has 0 aromatic heterocycles. The third kappa shape index (κ3) is 4.21. The van der Waals surface area contributed by atoms with Crippen LogP contribution < -0.4 is 10.6 Å². The summed E-state index contributed by atoms with van der Waals surface area (Å²) in [6.45, 7) is 4.25. The lowest BCUT2D eigenvalue weighted by Gasteiger charge is -2.19. The molecule has 1 aromatic rings. The summed E-state index contributed by atoms with van der Waals surface area (Å²) in [5, 5.41) is 14.3. The van der Waals surface area contributed by atoms with Crippen molar-refractivity contribution in [1.29, 1.82) is 5.41 Å². The van der Waals surface area contributed by atoms with Crippen molar-refractivity contribution in [3.63, 3.8) is 0 Å². The van der Waals surface area contributed by atoms with Crippen molar-refractivity contribution in [2.24, 2.45) is 0 Å². The molecule has 0 fully saturated rings. The first-order chi connectivity index (χ1) is 8.99. The summed E-state index contributed by atoms with van der Waals surface area (Å²) in [5.41, 5.74) is 3.54. The second kappa shape index (κ2) is 7.09. The van der Waals surface area contributed by atoms with Gasteiger partial charge >= 0.3 is 0 Å². The standard InChI is InChI=1S/C14H22N4S/c1-5-10-8-7-9-11(6-2)12(10)16-14(19)17-13(15)18(3)4/h7-9H,5-6H2,1-4H3,(H3,15,16,17,19).